The number of nitrogens with two attached hydrogens (primary N) is 1. The molecule has 1 aliphatic carbocycles. The highest BCUT2D eigenvalue weighted by atomic mass is 16.3. The van der Waals surface area contributed by atoms with Gasteiger partial charge in [0, 0.05) is 16.5 Å². The maximum atomic E-state index is 9.97. The van der Waals surface area contributed by atoms with Crippen LogP contribution in [-0.4, -0.2) is 10.6 Å². The first-order valence-electron chi connectivity index (χ1n) is 5.46. The second-order valence-electron chi connectivity index (χ2n) is 5.32. The molecule has 3 N–H and O–H groups in total. The molecule has 2 heteroatoms. The topological polar surface area (TPSA) is 46.2 Å². The molecule has 1 aliphatic rings. The molecule has 1 fully saturated rings. The van der Waals surface area contributed by atoms with Crippen molar-refractivity contribution in [2.45, 2.75) is 44.6 Å². The minimum Gasteiger partial charge on any atom is -0.508 e. The van der Waals surface area contributed by atoms with Crippen LogP contribution in [0, 0.1) is 6.92 Å². The third-order valence-electron chi connectivity index (χ3n) is 3.65. The molecule has 0 aliphatic heterocycles. The second-order valence-corrected chi connectivity index (χ2v) is 5.32. The van der Waals surface area contributed by atoms with Crippen molar-refractivity contribution in [3.63, 3.8) is 0 Å². The molecule has 15 heavy (non-hydrogen) atoms. The summed E-state index contributed by atoms with van der Waals surface area (Å²) < 4.78 is 0. The fourth-order valence-corrected chi connectivity index (χ4v) is 2.43. The summed E-state index contributed by atoms with van der Waals surface area (Å²) in [6.07, 6.45) is 2.15. The van der Waals surface area contributed by atoms with E-state index in [0.29, 0.717) is 5.75 Å². The van der Waals surface area contributed by atoms with Crippen molar-refractivity contribution in [1.82, 2.24) is 0 Å². The van der Waals surface area contributed by atoms with Crippen LogP contribution in [0.1, 0.15) is 37.8 Å². The molecular formula is C13H19NO. The first kappa shape index (κ1) is 10.5. The third kappa shape index (κ3) is 1.53. The molecular weight excluding hydrogens is 186 g/mol. The van der Waals surface area contributed by atoms with Gasteiger partial charge in [-0.1, -0.05) is 12.1 Å². The lowest BCUT2D eigenvalue weighted by atomic mass is 9.78. The van der Waals surface area contributed by atoms with Crippen LogP contribution < -0.4 is 5.73 Å². The Morgan fingerprint density at radius 2 is 1.93 bits per heavy atom. The zero-order valence-corrected chi connectivity index (χ0v) is 9.67. The molecule has 1 aromatic rings. The molecule has 0 amide bonds. The fourth-order valence-electron chi connectivity index (χ4n) is 2.43. The molecule has 0 atom stereocenters. The van der Waals surface area contributed by atoms with Crippen LogP contribution in [0.3, 0.4) is 0 Å². The van der Waals surface area contributed by atoms with E-state index < -0.39 is 0 Å². The monoisotopic (exact) mass is 205 g/mol. The summed E-state index contributed by atoms with van der Waals surface area (Å²) in [5, 5.41) is 9.97. The number of benzene rings is 1. The molecule has 0 bridgehead atoms. The van der Waals surface area contributed by atoms with Gasteiger partial charge in [-0.05, 0) is 45.2 Å². The second kappa shape index (κ2) is 2.99. The quantitative estimate of drug-likeness (QED) is 0.779. The zero-order chi connectivity index (χ0) is 11.3. The number of hydrogen-bond acceptors (Lipinski definition) is 2. The van der Waals surface area contributed by atoms with Gasteiger partial charge in [-0.2, -0.15) is 0 Å². The molecule has 0 radical (unpaired) electrons. The highest BCUT2D eigenvalue weighted by Crippen LogP contribution is 2.56. The third-order valence-corrected chi connectivity index (χ3v) is 3.65. The van der Waals surface area contributed by atoms with Crippen molar-refractivity contribution < 1.29 is 5.11 Å². The predicted molar refractivity (Wildman–Crippen MR) is 62.0 cm³/mol. The van der Waals surface area contributed by atoms with Crippen LogP contribution in [0.25, 0.3) is 0 Å². The average molecular weight is 205 g/mol. The lowest BCUT2D eigenvalue weighted by molar-refractivity contribution is 0.372. The zero-order valence-electron chi connectivity index (χ0n) is 9.67. The number of phenols is 1. The van der Waals surface area contributed by atoms with E-state index in [0.717, 1.165) is 24.0 Å². The van der Waals surface area contributed by atoms with Crippen molar-refractivity contribution in [2.75, 3.05) is 0 Å². The Hall–Kier alpha value is -1.02. The molecule has 0 saturated heterocycles. The number of aromatic hydroxyl groups is 1. The summed E-state index contributed by atoms with van der Waals surface area (Å²) in [5.74, 6) is 0.394. The Balaban J connectivity index is 2.47. The summed E-state index contributed by atoms with van der Waals surface area (Å²) in [4.78, 5) is 0. The van der Waals surface area contributed by atoms with Crippen molar-refractivity contribution >= 4 is 0 Å². The van der Waals surface area contributed by atoms with Gasteiger partial charge in [0.25, 0.3) is 0 Å². The maximum Gasteiger partial charge on any atom is 0.119 e. The number of phenolic OH excluding ortho intramolecular Hbond substituents is 1. The smallest absolute Gasteiger partial charge is 0.119 e. The van der Waals surface area contributed by atoms with Gasteiger partial charge in [-0.3, -0.25) is 0 Å². The minimum absolute atomic E-state index is 0.00914. The van der Waals surface area contributed by atoms with E-state index in [2.05, 4.69) is 0 Å². The van der Waals surface area contributed by atoms with E-state index in [4.69, 9.17) is 5.73 Å². The minimum atomic E-state index is -0.264. The van der Waals surface area contributed by atoms with Crippen LogP contribution in [-0.2, 0) is 5.41 Å². The largest absolute Gasteiger partial charge is 0.508 e. The molecule has 2 nitrogen and oxygen atoms in total. The van der Waals surface area contributed by atoms with Crippen LogP contribution >= 0.6 is 0 Å². The highest BCUT2D eigenvalue weighted by Gasteiger charge is 2.54. The Morgan fingerprint density at radius 1 is 1.33 bits per heavy atom. The Kier molecular flexibility index (Phi) is 2.09. The highest BCUT2D eigenvalue weighted by molar-refractivity contribution is 5.47. The van der Waals surface area contributed by atoms with E-state index in [1.807, 2.05) is 39.0 Å². The Bertz CT molecular complexity index is 386. The van der Waals surface area contributed by atoms with E-state index in [1.54, 1.807) is 0 Å². The lowest BCUT2D eigenvalue weighted by Crippen LogP contribution is -2.45. The van der Waals surface area contributed by atoms with Gasteiger partial charge in [0.1, 0.15) is 5.75 Å². The molecule has 0 heterocycles. The molecule has 0 spiro atoms. The standard InChI is InChI=1S/C13H19NO/c1-9-4-5-10(11(15)8-9)13(6-7-13)12(2,3)14/h4-5,8,15H,6-7,14H2,1-3H3. The van der Waals surface area contributed by atoms with Crippen molar-refractivity contribution in [3.8, 4) is 5.75 Å². The van der Waals surface area contributed by atoms with Crippen LogP contribution in [0.4, 0.5) is 0 Å². The summed E-state index contributed by atoms with van der Waals surface area (Å²) in [5.41, 5.74) is 8.03. The molecule has 2 rings (SSSR count). The van der Waals surface area contributed by atoms with E-state index in [9.17, 15) is 5.11 Å². The Labute approximate surface area is 91.1 Å². The van der Waals surface area contributed by atoms with Crippen molar-refractivity contribution in [1.29, 1.82) is 0 Å². The summed E-state index contributed by atoms with van der Waals surface area (Å²) in [6, 6.07) is 5.88. The Morgan fingerprint density at radius 3 is 2.33 bits per heavy atom. The molecule has 0 unspecified atom stereocenters. The van der Waals surface area contributed by atoms with Gasteiger partial charge in [0.2, 0.25) is 0 Å². The number of rotatable bonds is 2. The van der Waals surface area contributed by atoms with E-state index >= 15 is 0 Å². The maximum absolute atomic E-state index is 9.97. The predicted octanol–water partition coefficient (Wildman–Crippen LogP) is 2.47. The van der Waals surface area contributed by atoms with Crippen LogP contribution in [0.5, 0.6) is 5.75 Å². The van der Waals surface area contributed by atoms with Crippen molar-refractivity contribution in [3.05, 3.63) is 29.3 Å². The van der Waals surface area contributed by atoms with E-state index in [-0.39, 0.29) is 11.0 Å². The lowest BCUT2D eigenvalue weighted by Gasteiger charge is -2.31. The van der Waals surface area contributed by atoms with E-state index in [1.165, 1.54) is 0 Å². The van der Waals surface area contributed by atoms with Gasteiger partial charge < -0.3 is 10.8 Å². The van der Waals surface area contributed by atoms with Gasteiger partial charge in [-0.25, -0.2) is 0 Å². The van der Waals surface area contributed by atoms with Crippen LogP contribution in [0.15, 0.2) is 18.2 Å². The summed E-state index contributed by atoms with van der Waals surface area (Å²) in [6.45, 7) is 6.06. The first-order chi connectivity index (χ1) is 6.87. The average Bonchev–Trinajstić information content (AvgIpc) is 2.83. The molecule has 82 valence electrons. The normalized spacial score (nSPS) is 18.9. The van der Waals surface area contributed by atoms with Gasteiger partial charge in [0.05, 0.1) is 0 Å². The van der Waals surface area contributed by atoms with Gasteiger partial charge in [0.15, 0.2) is 0 Å². The first-order valence-corrected chi connectivity index (χ1v) is 5.46. The van der Waals surface area contributed by atoms with Gasteiger partial charge >= 0.3 is 0 Å². The van der Waals surface area contributed by atoms with Gasteiger partial charge in [-0.15, -0.1) is 0 Å². The fraction of sp³-hybridized carbons (Fsp3) is 0.538. The van der Waals surface area contributed by atoms with Crippen LogP contribution in [0.2, 0.25) is 0 Å². The van der Waals surface area contributed by atoms with Crippen molar-refractivity contribution in [2.24, 2.45) is 5.73 Å². The summed E-state index contributed by atoms with van der Waals surface area (Å²) >= 11 is 0. The molecule has 0 aromatic heterocycles. The molecule has 1 saturated carbocycles. The number of aryl methyl sites for hydroxylation is 1. The SMILES string of the molecule is Cc1ccc(C2(C(C)(C)N)CC2)c(O)c1. The summed E-state index contributed by atoms with van der Waals surface area (Å²) in [7, 11) is 0. The molecule has 1 aromatic carbocycles. The number of hydrogen-bond donors (Lipinski definition) is 2.